The van der Waals surface area contributed by atoms with Gasteiger partial charge in [-0.2, -0.15) is 4.31 Å². The molecule has 1 fully saturated rings. The van der Waals surface area contributed by atoms with Gasteiger partial charge in [-0.15, -0.1) is 0 Å². The second-order valence-corrected chi connectivity index (χ2v) is 10.5. The summed E-state index contributed by atoms with van der Waals surface area (Å²) in [7, 11) is -2.43. The molecule has 0 saturated carbocycles. The Balaban J connectivity index is 1.95. The fourth-order valence-electron chi connectivity index (χ4n) is 3.75. The maximum atomic E-state index is 13.4. The third-order valence-corrected chi connectivity index (χ3v) is 7.47. The van der Waals surface area contributed by atoms with Crippen LogP contribution in [0.15, 0.2) is 41.3 Å². The zero-order chi connectivity index (χ0) is 22.1. The smallest absolute Gasteiger partial charge is 0.255 e. The number of methoxy groups -OCH3 is 1. The molecule has 1 heterocycles. The van der Waals surface area contributed by atoms with Gasteiger partial charge in [0.25, 0.3) is 5.91 Å². The fourth-order valence-corrected chi connectivity index (χ4v) is 5.95. The van der Waals surface area contributed by atoms with Crippen molar-refractivity contribution in [2.45, 2.75) is 25.2 Å². The number of halogens is 2. The first-order valence-electron chi connectivity index (χ1n) is 9.56. The van der Waals surface area contributed by atoms with Crippen LogP contribution in [0.5, 0.6) is 5.75 Å². The lowest BCUT2D eigenvalue weighted by Gasteiger charge is -2.34. The van der Waals surface area contributed by atoms with Gasteiger partial charge in [0, 0.05) is 23.7 Å². The Kier molecular flexibility index (Phi) is 6.97. The van der Waals surface area contributed by atoms with Crippen LogP contribution in [0, 0.1) is 11.8 Å². The van der Waals surface area contributed by atoms with Crippen molar-refractivity contribution in [3.8, 4) is 5.75 Å². The number of amides is 1. The highest BCUT2D eigenvalue weighted by atomic mass is 35.5. The van der Waals surface area contributed by atoms with Crippen molar-refractivity contribution in [1.82, 2.24) is 4.31 Å². The Morgan fingerprint density at radius 1 is 1.10 bits per heavy atom. The molecule has 1 amide bonds. The Labute approximate surface area is 187 Å². The van der Waals surface area contributed by atoms with Crippen molar-refractivity contribution in [3.63, 3.8) is 0 Å². The van der Waals surface area contributed by atoms with Crippen LogP contribution in [0.25, 0.3) is 0 Å². The Hall–Kier alpha value is -1.80. The summed E-state index contributed by atoms with van der Waals surface area (Å²) in [6, 6.07) is 9.04. The first kappa shape index (κ1) is 22.9. The third kappa shape index (κ3) is 4.91. The van der Waals surface area contributed by atoms with E-state index in [0.29, 0.717) is 28.8 Å². The monoisotopic (exact) mass is 470 g/mol. The molecule has 0 unspecified atom stereocenters. The molecular weight excluding hydrogens is 447 g/mol. The predicted molar refractivity (Wildman–Crippen MR) is 119 cm³/mol. The molecule has 0 spiro atoms. The summed E-state index contributed by atoms with van der Waals surface area (Å²) in [5.74, 6) is 0.203. The largest absolute Gasteiger partial charge is 0.495 e. The predicted octanol–water partition coefficient (Wildman–Crippen LogP) is 4.92. The summed E-state index contributed by atoms with van der Waals surface area (Å²) in [6.07, 6.45) is 0.978. The molecule has 162 valence electrons. The number of hydrogen-bond acceptors (Lipinski definition) is 4. The summed E-state index contributed by atoms with van der Waals surface area (Å²) in [6.45, 7) is 4.94. The van der Waals surface area contributed by atoms with Crippen molar-refractivity contribution < 1.29 is 17.9 Å². The molecule has 2 atom stereocenters. The molecule has 1 saturated heterocycles. The van der Waals surface area contributed by atoms with E-state index in [0.717, 1.165) is 6.42 Å². The van der Waals surface area contributed by atoms with Crippen LogP contribution in [0.1, 0.15) is 30.6 Å². The average molecular weight is 471 g/mol. The van der Waals surface area contributed by atoms with Crippen molar-refractivity contribution in [1.29, 1.82) is 0 Å². The zero-order valence-corrected chi connectivity index (χ0v) is 19.3. The Morgan fingerprint density at radius 2 is 1.77 bits per heavy atom. The molecule has 2 aromatic rings. The van der Waals surface area contributed by atoms with Gasteiger partial charge >= 0.3 is 0 Å². The molecule has 2 aromatic carbocycles. The lowest BCUT2D eigenvalue weighted by Crippen LogP contribution is -2.42. The van der Waals surface area contributed by atoms with E-state index in [1.807, 2.05) is 13.8 Å². The van der Waals surface area contributed by atoms with Crippen molar-refractivity contribution in [2.75, 3.05) is 25.5 Å². The maximum absolute atomic E-state index is 13.4. The van der Waals surface area contributed by atoms with Gasteiger partial charge in [0.2, 0.25) is 10.0 Å². The van der Waals surface area contributed by atoms with E-state index in [1.165, 1.54) is 35.7 Å². The van der Waals surface area contributed by atoms with Crippen LogP contribution < -0.4 is 10.1 Å². The maximum Gasteiger partial charge on any atom is 0.255 e. The van der Waals surface area contributed by atoms with E-state index in [9.17, 15) is 13.2 Å². The van der Waals surface area contributed by atoms with Crippen LogP contribution in [-0.2, 0) is 10.0 Å². The summed E-state index contributed by atoms with van der Waals surface area (Å²) in [4.78, 5) is 12.7. The summed E-state index contributed by atoms with van der Waals surface area (Å²) in [5, 5.41) is 3.41. The minimum absolute atomic E-state index is 0.0314. The van der Waals surface area contributed by atoms with E-state index in [4.69, 9.17) is 27.9 Å². The first-order chi connectivity index (χ1) is 14.1. The number of nitrogens with zero attached hydrogens (tertiary/aromatic N) is 1. The number of sulfonamides is 1. The van der Waals surface area contributed by atoms with Crippen molar-refractivity contribution in [3.05, 3.63) is 52.0 Å². The summed E-state index contributed by atoms with van der Waals surface area (Å²) >= 11 is 12.1. The minimum Gasteiger partial charge on any atom is -0.495 e. The zero-order valence-electron chi connectivity index (χ0n) is 17.0. The number of benzene rings is 2. The summed E-state index contributed by atoms with van der Waals surface area (Å²) < 4.78 is 33.5. The molecule has 3 rings (SSSR count). The van der Waals surface area contributed by atoms with Crippen LogP contribution in [0.3, 0.4) is 0 Å². The normalized spacial score (nSPS) is 20.0. The number of carbonyl (C=O) groups excluding carboxylic acids is 1. The van der Waals surface area contributed by atoms with Gasteiger partial charge in [-0.3, -0.25) is 4.79 Å². The lowest BCUT2D eigenvalue weighted by molar-refractivity contribution is 0.102. The highest BCUT2D eigenvalue weighted by Gasteiger charge is 2.34. The van der Waals surface area contributed by atoms with Gasteiger partial charge in [0.05, 0.1) is 17.8 Å². The lowest BCUT2D eigenvalue weighted by atomic mass is 9.94. The number of nitrogens with one attached hydrogen (secondary N) is 1. The molecule has 30 heavy (non-hydrogen) atoms. The first-order valence-corrected chi connectivity index (χ1v) is 11.8. The van der Waals surface area contributed by atoms with Crippen LogP contribution >= 0.6 is 23.2 Å². The molecule has 0 bridgehead atoms. The van der Waals surface area contributed by atoms with Crippen LogP contribution in [0.4, 0.5) is 5.69 Å². The standard InChI is InChI=1S/C21H24Cl2N2O4S/c1-13-8-14(2)12-25(11-13)30(27,28)20-9-15(4-7-19(20)29-3)21(26)24-18-10-16(22)5-6-17(18)23/h4-7,9-10,13-14H,8,11-12H2,1-3H3,(H,24,26)/t13-,14-/m0/s1. The third-order valence-electron chi connectivity index (χ3n) is 5.06. The molecular formula is C21H24Cl2N2O4S. The second kappa shape index (κ2) is 9.14. The van der Waals surface area contributed by atoms with Gasteiger partial charge in [-0.25, -0.2) is 8.42 Å². The number of hydrogen-bond donors (Lipinski definition) is 1. The van der Waals surface area contributed by atoms with Gasteiger partial charge in [0.15, 0.2) is 0 Å². The highest BCUT2D eigenvalue weighted by Crippen LogP contribution is 2.32. The second-order valence-electron chi connectivity index (χ2n) is 7.71. The van der Waals surface area contributed by atoms with E-state index in [-0.39, 0.29) is 28.0 Å². The van der Waals surface area contributed by atoms with Gasteiger partial charge < -0.3 is 10.1 Å². The minimum atomic E-state index is -3.83. The molecule has 6 nitrogen and oxygen atoms in total. The molecule has 9 heteroatoms. The van der Waals surface area contributed by atoms with E-state index in [2.05, 4.69) is 5.32 Å². The number of piperidine rings is 1. The molecule has 1 aliphatic heterocycles. The van der Waals surface area contributed by atoms with E-state index in [1.54, 1.807) is 12.1 Å². The van der Waals surface area contributed by atoms with Crippen LogP contribution in [0.2, 0.25) is 10.0 Å². The van der Waals surface area contributed by atoms with Crippen molar-refractivity contribution in [2.24, 2.45) is 11.8 Å². The number of ether oxygens (including phenoxy) is 1. The molecule has 1 aliphatic rings. The fraction of sp³-hybridized carbons (Fsp3) is 0.381. The van der Waals surface area contributed by atoms with Gasteiger partial charge in [-0.1, -0.05) is 37.0 Å². The Bertz CT molecular complexity index is 1050. The average Bonchev–Trinajstić information content (AvgIpc) is 2.69. The highest BCUT2D eigenvalue weighted by molar-refractivity contribution is 7.89. The molecule has 1 N–H and O–H groups in total. The van der Waals surface area contributed by atoms with Crippen molar-refractivity contribution >= 4 is 44.8 Å². The Morgan fingerprint density at radius 3 is 2.40 bits per heavy atom. The van der Waals surface area contributed by atoms with Gasteiger partial charge in [0.1, 0.15) is 10.6 Å². The summed E-state index contributed by atoms with van der Waals surface area (Å²) in [5.41, 5.74) is 0.511. The molecule has 0 radical (unpaired) electrons. The van der Waals surface area contributed by atoms with Crippen LogP contribution in [-0.4, -0.2) is 38.8 Å². The SMILES string of the molecule is COc1ccc(C(=O)Nc2cc(Cl)ccc2Cl)cc1S(=O)(=O)N1C[C@@H](C)C[C@H](C)C1. The molecule has 0 aliphatic carbocycles. The number of carbonyl (C=O) groups is 1. The van der Waals surface area contributed by atoms with Gasteiger partial charge in [-0.05, 0) is 54.7 Å². The molecule has 0 aromatic heterocycles. The van der Waals surface area contributed by atoms with E-state index < -0.39 is 15.9 Å². The number of rotatable bonds is 5. The van der Waals surface area contributed by atoms with E-state index >= 15 is 0 Å². The number of anilines is 1. The quantitative estimate of drug-likeness (QED) is 0.672. The topological polar surface area (TPSA) is 75.7 Å².